The average molecular weight is 756 g/mol. The maximum atomic E-state index is 14.8. The van der Waals surface area contributed by atoms with Crippen molar-refractivity contribution in [2.75, 3.05) is 52.3 Å². The molecule has 53 heavy (non-hydrogen) atoms. The van der Waals surface area contributed by atoms with Crippen molar-refractivity contribution in [1.29, 1.82) is 0 Å². The van der Waals surface area contributed by atoms with E-state index in [9.17, 15) is 22.8 Å². The van der Waals surface area contributed by atoms with Gasteiger partial charge in [0.05, 0.1) is 7.11 Å². The summed E-state index contributed by atoms with van der Waals surface area (Å²) < 4.78 is 37.2. The smallest absolute Gasteiger partial charge is 0.490 e. The average Bonchev–Trinajstić information content (AvgIpc) is 3.57. The van der Waals surface area contributed by atoms with Gasteiger partial charge in [-0.15, -0.1) is 0 Å². The number of aliphatic carboxylic acids is 1. The molecule has 10 nitrogen and oxygen atoms in total. The molecule has 3 heterocycles. The van der Waals surface area contributed by atoms with Gasteiger partial charge in [0.15, 0.2) is 0 Å². The third kappa shape index (κ3) is 9.63. The number of ether oxygens (including phenoxy) is 1. The third-order valence-electron chi connectivity index (χ3n) is 9.92. The fourth-order valence-corrected chi connectivity index (χ4v) is 7.51. The van der Waals surface area contributed by atoms with E-state index in [1.54, 1.807) is 7.11 Å². The van der Waals surface area contributed by atoms with Crippen LogP contribution in [-0.4, -0.2) is 97.4 Å². The zero-order chi connectivity index (χ0) is 38.4. The summed E-state index contributed by atoms with van der Waals surface area (Å²) >= 11 is 6.43. The van der Waals surface area contributed by atoms with Gasteiger partial charge < -0.3 is 34.8 Å². The molecule has 6 rings (SSSR count). The zero-order valence-corrected chi connectivity index (χ0v) is 30.9. The molecule has 2 unspecified atom stereocenters. The summed E-state index contributed by atoms with van der Waals surface area (Å²) in [6.45, 7) is 4.69. The second kappa shape index (κ2) is 16.9. The number of fused-ring (bicyclic) bond motifs is 2. The van der Waals surface area contributed by atoms with E-state index in [-0.39, 0.29) is 23.8 Å². The largest absolute Gasteiger partial charge is 0.497 e. The van der Waals surface area contributed by atoms with E-state index >= 15 is 0 Å². The summed E-state index contributed by atoms with van der Waals surface area (Å²) in [5.74, 6) is -1.71. The number of carbonyl (C=O) groups excluding carboxylic acids is 2. The van der Waals surface area contributed by atoms with E-state index < -0.39 is 18.2 Å². The van der Waals surface area contributed by atoms with Crippen molar-refractivity contribution in [2.24, 2.45) is 5.92 Å². The number of nitrogens with zero attached hydrogens (tertiary/aromatic N) is 3. The molecule has 1 aromatic heterocycles. The fourth-order valence-electron chi connectivity index (χ4n) is 7.31. The van der Waals surface area contributed by atoms with Crippen molar-refractivity contribution in [1.82, 2.24) is 20.1 Å². The lowest BCUT2D eigenvalue weighted by Gasteiger charge is -2.39. The fraction of sp³-hybridized carbons (Fsp3) is 0.410. The first-order valence-electron chi connectivity index (χ1n) is 17.5. The van der Waals surface area contributed by atoms with Crippen LogP contribution < -0.4 is 15.0 Å². The molecule has 14 heteroatoms. The van der Waals surface area contributed by atoms with Gasteiger partial charge in [-0.25, -0.2) is 9.59 Å². The molecule has 2 aliphatic rings. The Kier molecular flexibility index (Phi) is 12.6. The Labute approximate surface area is 311 Å². The molecule has 3 atom stereocenters. The maximum absolute atomic E-state index is 14.8. The number of carbonyl (C=O) groups is 3. The highest BCUT2D eigenvalue weighted by Gasteiger charge is 2.39. The van der Waals surface area contributed by atoms with Gasteiger partial charge in [0.1, 0.15) is 11.8 Å². The van der Waals surface area contributed by atoms with Crippen LogP contribution in [0.3, 0.4) is 0 Å². The van der Waals surface area contributed by atoms with E-state index in [4.69, 9.17) is 26.2 Å². The number of urea groups is 1. The van der Waals surface area contributed by atoms with Gasteiger partial charge in [0.25, 0.3) is 0 Å². The number of nitrogens with one attached hydrogen (secondary N) is 2. The number of alkyl halides is 3. The Morgan fingerprint density at radius 1 is 1.06 bits per heavy atom. The molecule has 0 radical (unpaired) electrons. The van der Waals surface area contributed by atoms with Crippen LogP contribution >= 0.6 is 11.6 Å². The normalized spacial score (nSPS) is 17.4. The Bertz CT molecular complexity index is 1910. The number of halogens is 4. The first-order valence-corrected chi connectivity index (χ1v) is 17.8. The number of rotatable bonds is 8. The monoisotopic (exact) mass is 755 g/mol. The molecular formula is C39H45ClF3N5O5. The third-order valence-corrected chi connectivity index (χ3v) is 10.2. The molecule has 1 saturated heterocycles. The molecular weight excluding hydrogens is 711 g/mol. The van der Waals surface area contributed by atoms with Crippen molar-refractivity contribution in [3.8, 4) is 5.75 Å². The van der Waals surface area contributed by atoms with Gasteiger partial charge >= 0.3 is 18.2 Å². The topological polar surface area (TPSA) is 118 Å². The number of aromatic nitrogens is 1. The summed E-state index contributed by atoms with van der Waals surface area (Å²) in [6.07, 6.45) is -0.567. The second-order valence-corrected chi connectivity index (χ2v) is 14.3. The molecule has 0 spiro atoms. The number of anilines is 1. The van der Waals surface area contributed by atoms with E-state index in [1.165, 1.54) is 5.56 Å². The number of piperidine rings is 1. The van der Waals surface area contributed by atoms with Gasteiger partial charge in [0.2, 0.25) is 5.91 Å². The van der Waals surface area contributed by atoms with E-state index in [2.05, 4.69) is 47.5 Å². The van der Waals surface area contributed by atoms with Crippen LogP contribution in [0.2, 0.25) is 5.02 Å². The van der Waals surface area contributed by atoms with Crippen molar-refractivity contribution in [3.63, 3.8) is 0 Å². The van der Waals surface area contributed by atoms with Crippen molar-refractivity contribution >= 4 is 46.1 Å². The number of H-pyrrole nitrogens is 1. The lowest BCUT2D eigenvalue weighted by Crippen LogP contribution is -2.57. The molecule has 0 saturated carbocycles. The Balaban J connectivity index is 0.000000705. The minimum atomic E-state index is -5.08. The summed E-state index contributed by atoms with van der Waals surface area (Å²) in [6, 6.07) is 21.1. The summed E-state index contributed by atoms with van der Waals surface area (Å²) in [7, 11) is 5.79. The number of carboxylic acids is 1. The summed E-state index contributed by atoms with van der Waals surface area (Å²) in [4.78, 5) is 46.9. The number of benzene rings is 3. The molecule has 4 aromatic rings. The number of methoxy groups -OCH3 is 1. The van der Waals surface area contributed by atoms with Crippen molar-refractivity contribution in [3.05, 3.63) is 94.6 Å². The van der Waals surface area contributed by atoms with E-state index in [1.807, 2.05) is 71.5 Å². The van der Waals surface area contributed by atoms with Gasteiger partial charge in [0, 0.05) is 59.9 Å². The first kappa shape index (κ1) is 39.5. The quantitative estimate of drug-likeness (QED) is 0.174. The minimum absolute atomic E-state index is 0.107. The molecule has 1 fully saturated rings. The van der Waals surface area contributed by atoms with E-state index in [0.717, 1.165) is 59.3 Å². The van der Waals surface area contributed by atoms with Crippen LogP contribution in [-0.2, 0) is 16.0 Å². The molecule has 3 N–H and O–H groups in total. The predicted molar refractivity (Wildman–Crippen MR) is 199 cm³/mol. The summed E-state index contributed by atoms with van der Waals surface area (Å²) in [5, 5.41) is 12.1. The molecule has 3 aromatic carbocycles. The lowest BCUT2D eigenvalue weighted by molar-refractivity contribution is -0.192. The van der Waals surface area contributed by atoms with Crippen molar-refractivity contribution < 1.29 is 37.4 Å². The van der Waals surface area contributed by atoms with Gasteiger partial charge in [-0.2, -0.15) is 13.2 Å². The Hall–Kier alpha value is -4.75. The minimum Gasteiger partial charge on any atom is -0.497 e. The number of amides is 3. The maximum Gasteiger partial charge on any atom is 0.490 e. The number of carboxylic acid groups (broad SMARTS) is 1. The number of para-hydroxylation sites is 1. The highest BCUT2D eigenvalue weighted by Crippen LogP contribution is 2.36. The summed E-state index contributed by atoms with van der Waals surface area (Å²) in [5.41, 5.74) is 5.17. The van der Waals surface area contributed by atoms with E-state index in [0.29, 0.717) is 30.6 Å². The number of hydrogen-bond acceptors (Lipinski definition) is 5. The molecule has 284 valence electrons. The standard InChI is InChI=1S/C37H44ClN5O3.C2HF3O2/c1-24(32-21-39-33-11-6-5-10-31(32)33)35(36(44)43-23-25(22-41(2)3)18-28-19-29(38)12-13-34(28)43)40-37(45)42-16-14-26(15-17-42)27-8-7-9-30(20-27)46-4;3-2(4,5)1(6)7/h5-13,19-21,24-26,35,39H,14-18,22-23H2,1-4H3,(H,40,45);(H,6,7)/t24?,25-,35?;/m1./s1. The molecule has 3 amide bonds. The SMILES string of the molecule is COc1cccc(C2CCN(C(=O)NC(C(=O)N3C[C@@H](CN(C)C)Cc4cc(Cl)ccc43)C(C)c3c[nH]c4ccccc34)CC2)c1.O=C(O)C(F)(F)F. The van der Waals surface area contributed by atoms with Crippen LogP contribution in [0.1, 0.15) is 48.3 Å². The predicted octanol–water partition coefficient (Wildman–Crippen LogP) is 7.29. The van der Waals surface area contributed by atoms with Crippen molar-refractivity contribution in [2.45, 2.75) is 50.2 Å². The van der Waals surface area contributed by atoms with Gasteiger partial charge in [-0.1, -0.05) is 48.9 Å². The van der Waals surface area contributed by atoms with Gasteiger partial charge in [-0.3, -0.25) is 4.79 Å². The second-order valence-electron chi connectivity index (χ2n) is 13.9. The Morgan fingerprint density at radius 2 is 1.75 bits per heavy atom. The molecule has 0 bridgehead atoms. The van der Waals surface area contributed by atoms with Crippen LogP contribution in [0.25, 0.3) is 10.9 Å². The molecule has 2 aliphatic heterocycles. The number of likely N-dealkylation sites (tertiary alicyclic amines) is 1. The zero-order valence-electron chi connectivity index (χ0n) is 30.1. The highest BCUT2D eigenvalue weighted by molar-refractivity contribution is 6.30. The van der Waals surface area contributed by atoms with Gasteiger partial charge in [-0.05, 0) is 98.3 Å². The van der Waals surface area contributed by atoms with Crippen LogP contribution in [0.4, 0.5) is 23.7 Å². The van der Waals surface area contributed by atoms with Crippen LogP contribution in [0.5, 0.6) is 5.75 Å². The van der Waals surface area contributed by atoms with Crippen LogP contribution in [0, 0.1) is 5.92 Å². The van der Waals surface area contributed by atoms with Crippen LogP contribution in [0.15, 0.2) is 72.9 Å². The highest BCUT2D eigenvalue weighted by atomic mass is 35.5. The number of aromatic amines is 1. The lowest BCUT2D eigenvalue weighted by atomic mass is 9.88. The first-order chi connectivity index (χ1) is 25.2. The Morgan fingerprint density at radius 3 is 2.42 bits per heavy atom. The molecule has 0 aliphatic carbocycles. The number of hydrogen-bond donors (Lipinski definition) is 3.